The highest BCUT2D eigenvalue weighted by atomic mass is 32.1. The average molecular weight is 810 g/mol. The lowest BCUT2D eigenvalue weighted by atomic mass is 9.67. The van der Waals surface area contributed by atoms with Crippen molar-refractivity contribution in [1.29, 1.82) is 0 Å². The van der Waals surface area contributed by atoms with Gasteiger partial charge in [-0.15, -0.1) is 11.3 Å². The van der Waals surface area contributed by atoms with Crippen LogP contribution in [0.1, 0.15) is 47.2 Å². The molecule has 0 radical (unpaired) electrons. The molecule has 0 fully saturated rings. The zero-order chi connectivity index (χ0) is 41.4. The first-order valence-corrected chi connectivity index (χ1v) is 22.4. The molecule has 0 saturated carbocycles. The fraction of sp³-hybridized carbons (Fsp3) is 0.0667. The van der Waals surface area contributed by atoms with E-state index in [1.165, 1.54) is 87.3 Å². The van der Waals surface area contributed by atoms with Crippen LogP contribution in [0.2, 0.25) is 0 Å². The number of anilines is 3. The van der Waals surface area contributed by atoms with E-state index in [1.54, 1.807) is 0 Å². The van der Waals surface area contributed by atoms with Crippen LogP contribution in [0.15, 0.2) is 224 Å². The number of fused-ring (bicyclic) bond motifs is 8. The van der Waals surface area contributed by atoms with Gasteiger partial charge in [0.05, 0.1) is 5.41 Å². The van der Waals surface area contributed by atoms with Crippen molar-refractivity contribution in [1.82, 2.24) is 0 Å². The predicted octanol–water partition coefficient (Wildman–Crippen LogP) is 16.4. The van der Waals surface area contributed by atoms with Crippen molar-refractivity contribution < 1.29 is 0 Å². The van der Waals surface area contributed by atoms with E-state index in [2.05, 4.69) is 243 Å². The molecular formula is C60H43NS. The summed E-state index contributed by atoms with van der Waals surface area (Å²) in [4.78, 5) is 3.73. The minimum Gasteiger partial charge on any atom is -0.311 e. The third-order valence-corrected chi connectivity index (χ3v) is 14.8. The largest absolute Gasteiger partial charge is 0.311 e. The van der Waals surface area contributed by atoms with E-state index in [1.807, 2.05) is 11.3 Å². The minimum absolute atomic E-state index is 0.0346. The quantitative estimate of drug-likeness (QED) is 0.155. The molecule has 2 heteroatoms. The van der Waals surface area contributed by atoms with Gasteiger partial charge in [0.15, 0.2) is 0 Å². The highest BCUT2D eigenvalue weighted by molar-refractivity contribution is 7.22. The maximum absolute atomic E-state index is 2.47. The Labute approximate surface area is 367 Å². The molecule has 0 bridgehead atoms. The van der Waals surface area contributed by atoms with E-state index < -0.39 is 5.41 Å². The Balaban J connectivity index is 0.930. The summed E-state index contributed by atoms with van der Waals surface area (Å²) >= 11 is 1.92. The Bertz CT molecular complexity index is 3250. The van der Waals surface area contributed by atoms with Gasteiger partial charge >= 0.3 is 0 Å². The van der Waals surface area contributed by atoms with Crippen molar-refractivity contribution in [2.45, 2.75) is 24.7 Å². The maximum Gasteiger partial charge on any atom is 0.0728 e. The molecule has 12 rings (SSSR count). The van der Waals surface area contributed by atoms with Crippen LogP contribution in [0.25, 0.3) is 53.9 Å². The number of hydrogen-bond donors (Lipinski definition) is 0. The molecule has 1 aromatic heterocycles. The second-order valence-corrected chi connectivity index (χ2v) is 18.3. The molecule has 62 heavy (non-hydrogen) atoms. The van der Waals surface area contributed by atoms with Crippen LogP contribution in [0.4, 0.5) is 17.1 Å². The lowest BCUT2D eigenvalue weighted by Gasteiger charge is -2.34. The zero-order valence-corrected chi connectivity index (χ0v) is 35.5. The third-order valence-electron chi connectivity index (χ3n) is 13.6. The van der Waals surface area contributed by atoms with Gasteiger partial charge in [-0.2, -0.15) is 0 Å². The topological polar surface area (TPSA) is 3.24 Å². The van der Waals surface area contributed by atoms with Crippen LogP contribution >= 0.6 is 11.3 Å². The van der Waals surface area contributed by atoms with E-state index in [-0.39, 0.29) is 5.41 Å². The molecule has 1 nitrogen and oxygen atoms in total. The highest BCUT2D eigenvalue weighted by Crippen LogP contribution is 2.61. The van der Waals surface area contributed by atoms with Crippen molar-refractivity contribution in [3.63, 3.8) is 0 Å². The molecule has 2 aliphatic carbocycles. The van der Waals surface area contributed by atoms with Crippen LogP contribution in [-0.2, 0) is 10.8 Å². The summed E-state index contributed by atoms with van der Waals surface area (Å²) in [6, 6.07) is 83.1. The van der Waals surface area contributed by atoms with Crippen LogP contribution in [0, 0.1) is 0 Å². The van der Waals surface area contributed by atoms with E-state index in [0.29, 0.717) is 0 Å². The van der Waals surface area contributed by atoms with Gasteiger partial charge in [0.1, 0.15) is 0 Å². The zero-order valence-electron chi connectivity index (χ0n) is 34.7. The van der Waals surface area contributed by atoms with Gasteiger partial charge in [-0.3, -0.25) is 0 Å². The Hall–Kier alpha value is -7.26. The van der Waals surface area contributed by atoms with Gasteiger partial charge in [0, 0.05) is 32.1 Å². The Morgan fingerprint density at radius 2 is 0.839 bits per heavy atom. The minimum atomic E-state index is -0.458. The normalized spacial score (nSPS) is 13.9. The van der Waals surface area contributed by atoms with Gasteiger partial charge < -0.3 is 4.90 Å². The van der Waals surface area contributed by atoms with E-state index >= 15 is 0 Å². The molecule has 2 aliphatic rings. The molecule has 0 N–H and O–H groups in total. The highest BCUT2D eigenvalue weighted by Gasteiger charge is 2.48. The summed E-state index contributed by atoms with van der Waals surface area (Å²) < 4.78 is 1.33. The molecule has 0 spiro atoms. The van der Waals surface area contributed by atoms with Crippen molar-refractivity contribution in [2.24, 2.45) is 0 Å². The van der Waals surface area contributed by atoms with Gasteiger partial charge in [-0.25, -0.2) is 0 Å². The molecule has 0 saturated heterocycles. The number of para-hydroxylation sites is 1. The second kappa shape index (κ2) is 14.2. The molecule has 0 amide bonds. The molecular weight excluding hydrogens is 767 g/mol. The molecule has 10 aromatic rings. The van der Waals surface area contributed by atoms with E-state index in [9.17, 15) is 0 Å². The third kappa shape index (κ3) is 5.46. The fourth-order valence-corrected chi connectivity index (χ4v) is 11.9. The SMILES string of the molecule is CC1(C)c2ccccc2-c2ccc(-c3ccc(N(c4ccccc4)c4ccc(-c5ccc6c(c5)C(c5ccccc5)(c5ccccc5)c5c-6sc6ccccc56)cc4)cc3)cc21. The summed E-state index contributed by atoms with van der Waals surface area (Å²) in [5, 5.41) is 1.33. The Morgan fingerprint density at radius 3 is 1.47 bits per heavy atom. The van der Waals surface area contributed by atoms with Gasteiger partial charge in [-0.05, 0) is 132 Å². The molecule has 294 valence electrons. The molecule has 0 atom stereocenters. The lowest BCUT2D eigenvalue weighted by Crippen LogP contribution is -2.28. The first-order chi connectivity index (χ1) is 30.5. The van der Waals surface area contributed by atoms with Gasteiger partial charge in [0.25, 0.3) is 0 Å². The van der Waals surface area contributed by atoms with Crippen LogP contribution in [0.3, 0.4) is 0 Å². The summed E-state index contributed by atoms with van der Waals surface area (Å²) in [6.07, 6.45) is 0. The van der Waals surface area contributed by atoms with Crippen molar-refractivity contribution in [3.8, 4) is 43.8 Å². The number of benzene rings is 9. The van der Waals surface area contributed by atoms with Crippen molar-refractivity contribution >= 4 is 38.5 Å². The lowest BCUT2D eigenvalue weighted by molar-refractivity contribution is 0.660. The number of nitrogens with zero attached hydrogens (tertiary/aromatic N) is 1. The first kappa shape index (κ1) is 36.6. The van der Waals surface area contributed by atoms with Crippen molar-refractivity contribution in [3.05, 3.63) is 258 Å². The maximum atomic E-state index is 2.47. The Kier molecular flexibility index (Phi) is 8.36. The monoisotopic (exact) mass is 809 g/mol. The number of rotatable bonds is 7. The summed E-state index contributed by atoms with van der Waals surface area (Å²) in [5.74, 6) is 0. The average Bonchev–Trinajstić information content (AvgIpc) is 3.93. The fourth-order valence-electron chi connectivity index (χ4n) is 10.6. The Morgan fingerprint density at radius 1 is 0.371 bits per heavy atom. The van der Waals surface area contributed by atoms with Crippen LogP contribution in [-0.4, -0.2) is 0 Å². The number of hydrogen-bond acceptors (Lipinski definition) is 2. The van der Waals surface area contributed by atoms with Gasteiger partial charge in [-0.1, -0.05) is 184 Å². The van der Waals surface area contributed by atoms with Gasteiger partial charge in [0.2, 0.25) is 0 Å². The first-order valence-electron chi connectivity index (χ1n) is 21.6. The second-order valence-electron chi connectivity index (χ2n) is 17.2. The molecule has 9 aromatic carbocycles. The summed E-state index contributed by atoms with van der Waals surface area (Å²) in [6.45, 7) is 4.70. The standard InChI is InChI=1S/C60H43NS/c1-59(2)53-24-14-12-22-49(53)50-36-30-42(38-54(50)59)40-26-32-47(33-27-40)61(46-20-10-5-11-21-46)48-34-28-41(29-35-48)43-31-37-51-55(39-43)60(44-16-6-3-7-17-44,45-18-8-4-9-19-45)57-52-23-13-15-25-56(52)62-58(51)57/h3-39H,1-2H3. The predicted molar refractivity (Wildman–Crippen MR) is 262 cm³/mol. The smallest absolute Gasteiger partial charge is 0.0728 e. The molecule has 1 heterocycles. The van der Waals surface area contributed by atoms with Crippen molar-refractivity contribution in [2.75, 3.05) is 4.90 Å². The van der Waals surface area contributed by atoms with Crippen LogP contribution < -0.4 is 4.90 Å². The summed E-state index contributed by atoms with van der Waals surface area (Å²) in [7, 11) is 0. The molecule has 0 unspecified atom stereocenters. The van der Waals surface area contributed by atoms with Crippen LogP contribution in [0.5, 0.6) is 0 Å². The number of thiophene rings is 1. The van der Waals surface area contributed by atoms with E-state index in [0.717, 1.165) is 17.1 Å². The summed E-state index contributed by atoms with van der Waals surface area (Å²) in [5.41, 5.74) is 19.9. The molecule has 0 aliphatic heterocycles. The van der Waals surface area contributed by atoms with E-state index in [4.69, 9.17) is 0 Å².